The Morgan fingerprint density at radius 1 is 1.22 bits per heavy atom. The summed E-state index contributed by atoms with van der Waals surface area (Å²) in [5.41, 5.74) is 2.60. The maximum atomic E-state index is 12.8. The van der Waals surface area contributed by atoms with Gasteiger partial charge >= 0.3 is 0 Å². The van der Waals surface area contributed by atoms with Gasteiger partial charge in [-0.1, -0.05) is 12.1 Å². The minimum atomic E-state index is -0.161. The number of likely N-dealkylation sites (tertiary alicyclic amines) is 1. The van der Waals surface area contributed by atoms with Crippen molar-refractivity contribution >= 4 is 0 Å². The molecule has 0 radical (unpaired) electrons. The van der Waals surface area contributed by atoms with Crippen molar-refractivity contribution in [1.29, 1.82) is 0 Å². The summed E-state index contributed by atoms with van der Waals surface area (Å²) < 4.78 is 17.8. The molecule has 2 nitrogen and oxygen atoms in total. The van der Waals surface area contributed by atoms with E-state index in [1.807, 2.05) is 18.4 Å². The molecule has 1 fully saturated rings. The van der Waals surface area contributed by atoms with Crippen LogP contribution in [0.25, 0.3) is 0 Å². The molecule has 0 N–H and O–H groups in total. The lowest BCUT2D eigenvalue weighted by Crippen LogP contribution is -2.32. The predicted molar refractivity (Wildman–Crippen MR) is 70.9 cm³/mol. The molecule has 0 bridgehead atoms. The topological polar surface area (TPSA) is 12.5 Å². The van der Waals surface area contributed by atoms with Crippen LogP contribution >= 0.6 is 0 Å². The summed E-state index contributed by atoms with van der Waals surface area (Å²) in [5, 5.41) is 0. The molecule has 1 aromatic carbocycles. The largest absolute Gasteiger partial charge is 0.504 e. The highest BCUT2D eigenvalue weighted by molar-refractivity contribution is 5.16. The maximum absolute atomic E-state index is 12.8. The van der Waals surface area contributed by atoms with E-state index in [1.54, 1.807) is 7.11 Å². The zero-order chi connectivity index (χ0) is 12.8. The molecular weight excluding hydrogens is 229 g/mol. The lowest BCUT2D eigenvalue weighted by Gasteiger charge is -2.28. The van der Waals surface area contributed by atoms with Crippen LogP contribution in [0.2, 0.25) is 0 Å². The fraction of sp³-hybridized carbons (Fsp3) is 0.467. The molecule has 0 unspecified atom stereocenters. The van der Waals surface area contributed by atoms with Crippen LogP contribution in [0.5, 0.6) is 0 Å². The van der Waals surface area contributed by atoms with E-state index in [4.69, 9.17) is 4.74 Å². The van der Waals surface area contributed by atoms with Gasteiger partial charge in [0.2, 0.25) is 0 Å². The summed E-state index contributed by atoms with van der Waals surface area (Å²) in [5.74, 6) is -0.161. The Balaban J connectivity index is 1.75. The maximum Gasteiger partial charge on any atom is 0.123 e. The minimum Gasteiger partial charge on any atom is -0.504 e. The molecule has 1 aliphatic rings. The third-order valence-corrected chi connectivity index (χ3v) is 3.41. The molecule has 1 aromatic rings. The highest BCUT2D eigenvalue weighted by Crippen LogP contribution is 2.16. The van der Waals surface area contributed by atoms with Gasteiger partial charge in [0.05, 0.1) is 13.4 Å². The average Bonchev–Trinajstić information content (AvgIpc) is 2.40. The zero-order valence-corrected chi connectivity index (χ0v) is 10.9. The van der Waals surface area contributed by atoms with E-state index >= 15 is 0 Å². The van der Waals surface area contributed by atoms with Gasteiger partial charge in [-0.25, -0.2) is 4.39 Å². The molecule has 1 saturated heterocycles. The Hall–Kier alpha value is -1.35. The Labute approximate surface area is 108 Å². The molecule has 3 heteroatoms. The second-order valence-corrected chi connectivity index (χ2v) is 4.73. The smallest absolute Gasteiger partial charge is 0.123 e. The molecule has 0 saturated carbocycles. The van der Waals surface area contributed by atoms with Gasteiger partial charge in [0.25, 0.3) is 0 Å². The Morgan fingerprint density at radius 2 is 1.89 bits per heavy atom. The van der Waals surface area contributed by atoms with Crippen LogP contribution in [-0.4, -0.2) is 31.6 Å². The molecular formula is C15H20FNO. The van der Waals surface area contributed by atoms with E-state index in [-0.39, 0.29) is 5.82 Å². The molecule has 1 aliphatic heterocycles. The first kappa shape index (κ1) is 13.1. The van der Waals surface area contributed by atoms with E-state index in [0.29, 0.717) is 0 Å². The van der Waals surface area contributed by atoms with Gasteiger partial charge in [-0.3, -0.25) is 0 Å². The highest BCUT2D eigenvalue weighted by atomic mass is 19.1. The zero-order valence-electron chi connectivity index (χ0n) is 10.9. The van der Waals surface area contributed by atoms with Gasteiger partial charge in [-0.2, -0.15) is 0 Å². The quantitative estimate of drug-likeness (QED) is 0.761. The van der Waals surface area contributed by atoms with Crippen LogP contribution < -0.4 is 0 Å². The van der Waals surface area contributed by atoms with Crippen molar-refractivity contribution in [3.63, 3.8) is 0 Å². The lowest BCUT2D eigenvalue weighted by molar-refractivity contribution is 0.251. The van der Waals surface area contributed by atoms with Crippen molar-refractivity contribution in [3.8, 4) is 0 Å². The Bertz CT molecular complexity index is 389. The molecule has 0 spiro atoms. The third kappa shape index (κ3) is 3.84. The number of ether oxygens (including phenoxy) is 1. The number of hydrogen-bond acceptors (Lipinski definition) is 2. The standard InChI is InChI=1S/C15H20FNO/c1-18-12-14-7-10-17(11-8-14)9-6-13-2-4-15(16)5-3-13/h2-5,12H,6-11H2,1H3. The number of hydrogen-bond donors (Lipinski definition) is 0. The lowest BCUT2D eigenvalue weighted by atomic mass is 10.0. The number of benzene rings is 1. The molecule has 98 valence electrons. The normalized spacial score (nSPS) is 16.7. The van der Waals surface area contributed by atoms with Crippen molar-refractivity contribution in [2.45, 2.75) is 19.3 Å². The summed E-state index contributed by atoms with van der Waals surface area (Å²) in [4.78, 5) is 2.45. The van der Waals surface area contributed by atoms with E-state index in [2.05, 4.69) is 4.90 Å². The second-order valence-electron chi connectivity index (χ2n) is 4.73. The van der Waals surface area contributed by atoms with Gasteiger partial charge in [0.15, 0.2) is 0 Å². The van der Waals surface area contributed by atoms with Crippen LogP contribution in [-0.2, 0) is 11.2 Å². The summed E-state index contributed by atoms with van der Waals surface area (Å²) >= 11 is 0. The molecule has 2 rings (SSSR count). The number of piperidine rings is 1. The average molecular weight is 249 g/mol. The molecule has 0 aromatic heterocycles. The van der Waals surface area contributed by atoms with E-state index in [9.17, 15) is 4.39 Å². The summed E-state index contributed by atoms with van der Waals surface area (Å²) in [6, 6.07) is 6.81. The number of methoxy groups -OCH3 is 1. The SMILES string of the molecule is COC=C1CCN(CCc2ccc(F)cc2)CC1. The first-order chi connectivity index (χ1) is 8.78. The van der Waals surface area contributed by atoms with Crippen LogP contribution in [0.15, 0.2) is 36.1 Å². The van der Waals surface area contributed by atoms with Crippen molar-refractivity contribution in [2.75, 3.05) is 26.7 Å². The van der Waals surface area contributed by atoms with E-state index in [1.165, 1.54) is 23.3 Å². The van der Waals surface area contributed by atoms with Gasteiger partial charge < -0.3 is 9.64 Å². The van der Waals surface area contributed by atoms with Gasteiger partial charge in [0.1, 0.15) is 5.82 Å². The Kier molecular flexibility index (Phi) is 4.76. The number of nitrogens with zero attached hydrogens (tertiary/aromatic N) is 1. The molecule has 0 atom stereocenters. The second kappa shape index (κ2) is 6.55. The summed E-state index contributed by atoms with van der Waals surface area (Å²) in [7, 11) is 1.70. The van der Waals surface area contributed by atoms with Crippen LogP contribution in [0.3, 0.4) is 0 Å². The molecule has 18 heavy (non-hydrogen) atoms. The molecule has 0 amide bonds. The predicted octanol–water partition coefficient (Wildman–Crippen LogP) is 2.99. The van der Waals surface area contributed by atoms with Crippen molar-refractivity contribution in [3.05, 3.63) is 47.5 Å². The molecule has 0 aliphatic carbocycles. The van der Waals surface area contributed by atoms with E-state index in [0.717, 1.165) is 38.9 Å². The van der Waals surface area contributed by atoms with E-state index < -0.39 is 0 Å². The van der Waals surface area contributed by atoms with Gasteiger partial charge in [-0.05, 0) is 42.5 Å². The summed E-state index contributed by atoms with van der Waals surface area (Å²) in [6.07, 6.45) is 5.05. The fourth-order valence-electron chi connectivity index (χ4n) is 2.29. The Morgan fingerprint density at radius 3 is 2.50 bits per heavy atom. The van der Waals surface area contributed by atoms with Crippen LogP contribution in [0, 0.1) is 5.82 Å². The first-order valence-corrected chi connectivity index (χ1v) is 6.45. The summed E-state index contributed by atoms with van der Waals surface area (Å²) in [6.45, 7) is 3.23. The third-order valence-electron chi connectivity index (χ3n) is 3.41. The monoisotopic (exact) mass is 249 g/mol. The van der Waals surface area contributed by atoms with Gasteiger partial charge in [-0.15, -0.1) is 0 Å². The van der Waals surface area contributed by atoms with Crippen molar-refractivity contribution in [1.82, 2.24) is 4.90 Å². The minimum absolute atomic E-state index is 0.161. The van der Waals surface area contributed by atoms with Crippen LogP contribution in [0.1, 0.15) is 18.4 Å². The fourth-order valence-corrected chi connectivity index (χ4v) is 2.29. The van der Waals surface area contributed by atoms with Crippen LogP contribution in [0.4, 0.5) is 4.39 Å². The van der Waals surface area contributed by atoms with Crippen molar-refractivity contribution in [2.24, 2.45) is 0 Å². The molecule has 1 heterocycles. The highest BCUT2D eigenvalue weighted by Gasteiger charge is 2.13. The first-order valence-electron chi connectivity index (χ1n) is 6.45. The number of rotatable bonds is 4. The number of halogens is 1. The van der Waals surface area contributed by atoms with Crippen molar-refractivity contribution < 1.29 is 9.13 Å². The van der Waals surface area contributed by atoms with Gasteiger partial charge in [0, 0.05) is 19.6 Å².